The number of amides is 5. The molecule has 13 nitrogen and oxygen atoms in total. The number of urea groups is 2. The Labute approximate surface area is 311 Å². The third kappa shape index (κ3) is 9.20. The van der Waals surface area contributed by atoms with Gasteiger partial charge < -0.3 is 39.8 Å². The quantitative estimate of drug-likeness (QED) is 0.103. The Morgan fingerprint density at radius 1 is 0.887 bits per heavy atom. The monoisotopic (exact) mass is 729 g/mol. The van der Waals surface area contributed by atoms with E-state index in [-0.39, 0.29) is 44.0 Å². The van der Waals surface area contributed by atoms with E-state index in [9.17, 15) is 19.2 Å². The summed E-state index contributed by atoms with van der Waals surface area (Å²) in [5, 5.41) is 9.18. The number of imide groups is 1. The Morgan fingerprint density at radius 2 is 1.58 bits per heavy atom. The molecule has 2 fully saturated rings. The van der Waals surface area contributed by atoms with Gasteiger partial charge in [-0.2, -0.15) is 0 Å². The van der Waals surface area contributed by atoms with Gasteiger partial charge in [-0.15, -0.1) is 0 Å². The maximum atomic E-state index is 14.3. The lowest BCUT2D eigenvalue weighted by molar-refractivity contribution is -0.144. The first-order valence-electron chi connectivity index (χ1n) is 18.0. The van der Waals surface area contributed by atoms with Crippen LogP contribution < -0.4 is 30.2 Å². The van der Waals surface area contributed by atoms with Gasteiger partial charge in [-0.3, -0.25) is 14.5 Å². The second kappa shape index (κ2) is 17.0. The van der Waals surface area contributed by atoms with E-state index in [2.05, 4.69) is 16.0 Å². The first-order valence-corrected chi connectivity index (χ1v) is 18.0. The minimum atomic E-state index is -1.13. The summed E-state index contributed by atoms with van der Waals surface area (Å²) in [5.74, 6) is 1.22. The van der Waals surface area contributed by atoms with Gasteiger partial charge in [0.15, 0.2) is 11.5 Å². The summed E-state index contributed by atoms with van der Waals surface area (Å²) in [6, 6.07) is 16.5. The fraction of sp³-hybridized carbons (Fsp3) is 0.450. The summed E-state index contributed by atoms with van der Waals surface area (Å²) in [7, 11) is 4.61. The zero-order valence-electron chi connectivity index (χ0n) is 31.6. The van der Waals surface area contributed by atoms with Crippen molar-refractivity contribution in [2.45, 2.75) is 77.5 Å². The topological polar surface area (TPSA) is 148 Å². The van der Waals surface area contributed by atoms with E-state index >= 15 is 0 Å². The van der Waals surface area contributed by atoms with Crippen molar-refractivity contribution in [1.82, 2.24) is 15.1 Å². The molecule has 13 heteroatoms. The lowest BCUT2D eigenvalue weighted by Gasteiger charge is -2.29. The van der Waals surface area contributed by atoms with Gasteiger partial charge in [0.05, 0.1) is 46.1 Å². The van der Waals surface area contributed by atoms with Gasteiger partial charge in [0.2, 0.25) is 0 Å². The summed E-state index contributed by atoms with van der Waals surface area (Å²) >= 11 is 0. The summed E-state index contributed by atoms with van der Waals surface area (Å²) in [5.41, 5.74) is 2.44. The minimum absolute atomic E-state index is 0.0409. The number of rotatable bonds is 17. The van der Waals surface area contributed by atoms with Crippen molar-refractivity contribution in [3.8, 4) is 17.2 Å². The number of hydrogen-bond acceptors (Lipinski definition) is 9. The van der Waals surface area contributed by atoms with Crippen LogP contribution in [0, 0.1) is 12.8 Å². The average Bonchev–Trinajstić information content (AvgIpc) is 3.94. The molecule has 1 saturated heterocycles. The summed E-state index contributed by atoms with van der Waals surface area (Å²) < 4.78 is 21.8. The predicted molar refractivity (Wildman–Crippen MR) is 201 cm³/mol. The molecule has 5 rings (SSSR count). The third-order valence-electron chi connectivity index (χ3n) is 9.86. The van der Waals surface area contributed by atoms with Crippen LogP contribution in [-0.2, 0) is 20.9 Å². The Morgan fingerprint density at radius 3 is 2.25 bits per heavy atom. The Hall–Kier alpha value is -5.30. The maximum Gasteiger partial charge on any atom is 0.328 e. The highest BCUT2D eigenvalue weighted by molar-refractivity contribution is 6.07. The molecule has 5 amide bonds. The number of nitrogens with zero attached hydrogens (tertiary/aromatic N) is 2. The Balaban J connectivity index is 1.34. The van der Waals surface area contributed by atoms with E-state index in [0.717, 1.165) is 29.5 Å². The highest BCUT2D eigenvalue weighted by Crippen LogP contribution is 2.39. The molecule has 53 heavy (non-hydrogen) atoms. The van der Waals surface area contributed by atoms with Gasteiger partial charge >= 0.3 is 18.0 Å². The van der Waals surface area contributed by atoms with Gasteiger partial charge in [-0.05, 0) is 87.1 Å². The molecule has 1 aliphatic heterocycles. The van der Waals surface area contributed by atoms with Crippen molar-refractivity contribution in [3.05, 3.63) is 77.4 Å². The predicted octanol–water partition coefficient (Wildman–Crippen LogP) is 6.66. The number of anilines is 2. The molecule has 0 spiro atoms. The highest BCUT2D eigenvalue weighted by Gasteiger charge is 2.53. The smallest absolute Gasteiger partial charge is 0.328 e. The van der Waals surface area contributed by atoms with Gasteiger partial charge in [0.1, 0.15) is 11.3 Å². The van der Waals surface area contributed by atoms with E-state index < -0.39 is 23.7 Å². The van der Waals surface area contributed by atoms with Crippen molar-refractivity contribution in [2.75, 3.05) is 45.1 Å². The van der Waals surface area contributed by atoms with Gasteiger partial charge in [-0.1, -0.05) is 43.2 Å². The van der Waals surface area contributed by atoms with Gasteiger partial charge in [0, 0.05) is 24.8 Å². The summed E-state index contributed by atoms with van der Waals surface area (Å²) in [4.78, 5) is 56.9. The molecule has 1 heterocycles. The van der Waals surface area contributed by atoms with Crippen LogP contribution in [0.4, 0.5) is 21.0 Å². The average molecular weight is 730 g/mol. The largest absolute Gasteiger partial charge is 0.495 e. The lowest BCUT2D eigenvalue weighted by Crippen LogP contribution is -2.48. The molecule has 3 aromatic rings. The molecule has 0 radical (unpaired) electrons. The van der Waals surface area contributed by atoms with Crippen LogP contribution in [-0.4, -0.2) is 79.8 Å². The van der Waals surface area contributed by atoms with Crippen molar-refractivity contribution in [1.29, 1.82) is 0 Å². The standard InChI is InChI=1S/C40H51N5O8/c1-8-53-36(46)22-32(28-16-18-33(50-5)35(21-28)52-7)41-23-29(19-26-13-14-26)45-37(47)40(3,4)44(39(45)49)24-27-15-17-31(34(20-27)51-6)43-38(48)42-30-12-10-9-11-25(30)2/h9-12,15-18,20-21,26,29,32,41H,8,13-14,19,22-24H2,1-7H3,(H2,42,43,48). The number of ether oxygens (including phenoxy) is 4. The molecule has 2 unspecified atom stereocenters. The van der Waals surface area contributed by atoms with E-state index in [1.165, 1.54) is 12.0 Å². The minimum Gasteiger partial charge on any atom is -0.495 e. The summed E-state index contributed by atoms with van der Waals surface area (Å²) in [6.45, 7) is 7.84. The fourth-order valence-electron chi connectivity index (χ4n) is 6.62. The number of para-hydroxylation sites is 1. The number of methoxy groups -OCH3 is 3. The zero-order valence-corrected chi connectivity index (χ0v) is 31.6. The van der Waals surface area contributed by atoms with Crippen LogP contribution in [0.3, 0.4) is 0 Å². The van der Waals surface area contributed by atoms with Gasteiger partial charge in [-0.25, -0.2) is 9.59 Å². The molecule has 284 valence electrons. The van der Waals surface area contributed by atoms with Crippen LogP contribution in [0.1, 0.15) is 69.2 Å². The molecular weight excluding hydrogens is 678 g/mol. The van der Waals surface area contributed by atoms with Crippen LogP contribution in [0.15, 0.2) is 60.7 Å². The molecule has 2 atom stereocenters. The second-order valence-electron chi connectivity index (χ2n) is 13.9. The fourth-order valence-corrected chi connectivity index (χ4v) is 6.62. The number of carbonyl (C=O) groups excluding carboxylic acids is 4. The number of carbonyl (C=O) groups is 4. The Bertz CT molecular complexity index is 1810. The Kier molecular flexibility index (Phi) is 12.5. The van der Waals surface area contributed by atoms with Crippen molar-refractivity contribution in [2.24, 2.45) is 5.92 Å². The number of benzene rings is 3. The number of hydrogen-bond donors (Lipinski definition) is 3. The number of nitrogens with one attached hydrogen (secondary N) is 3. The number of esters is 1. The highest BCUT2D eigenvalue weighted by atomic mass is 16.5. The van der Waals surface area contributed by atoms with Crippen LogP contribution in [0.25, 0.3) is 0 Å². The van der Waals surface area contributed by atoms with Crippen LogP contribution >= 0.6 is 0 Å². The molecule has 3 N–H and O–H groups in total. The van der Waals surface area contributed by atoms with Crippen LogP contribution in [0.5, 0.6) is 17.2 Å². The maximum absolute atomic E-state index is 14.3. The zero-order chi connectivity index (χ0) is 38.3. The second-order valence-corrected chi connectivity index (χ2v) is 13.9. The van der Waals surface area contributed by atoms with Crippen molar-refractivity contribution >= 4 is 35.3 Å². The molecular formula is C40H51N5O8. The molecule has 2 aliphatic rings. The molecule has 0 aromatic heterocycles. The van der Waals surface area contributed by atoms with E-state index in [4.69, 9.17) is 18.9 Å². The summed E-state index contributed by atoms with van der Waals surface area (Å²) in [6.07, 6.45) is 2.75. The normalized spacial score (nSPS) is 16.2. The SMILES string of the molecule is CCOC(=O)CC(NCC(CC1CC1)N1C(=O)N(Cc2ccc(NC(=O)Nc3ccccc3C)c(OC)c2)C(C)(C)C1=O)c1ccc(OC)c(OC)c1. The third-order valence-corrected chi connectivity index (χ3v) is 9.86. The van der Waals surface area contributed by atoms with Gasteiger partial charge in [0.25, 0.3) is 5.91 Å². The number of aryl methyl sites for hydroxylation is 1. The van der Waals surface area contributed by atoms with Crippen LogP contribution in [0.2, 0.25) is 0 Å². The van der Waals surface area contributed by atoms with E-state index in [1.807, 2.05) is 43.3 Å². The lowest BCUT2D eigenvalue weighted by atomic mass is 10.00. The first-order chi connectivity index (χ1) is 25.4. The molecule has 0 bridgehead atoms. The molecule has 1 aliphatic carbocycles. The molecule has 1 saturated carbocycles. The van der Waals surface area contributed by atoms with Crippen molar-refractivity contribution in [3.63, 3.8) is 0 Å². The first kappa shape index (κ1) is 38.9. The van der Waals surface area contributed by atoms with E-state index in [1.54, 1.807) is 64.2 Å². The van der Waals surface area contributed by atoms with E-state index in [0.29, 0.717) is 41.0 Å². The van der Waals surface area contributed by atoms with Crippen molar-refractivity contribution < 1.29 is 38.1 Å². The molecule has 3 aromatic carbocycles.